The van der Waals surface area contributed by atoms with E-state index in [1.165, 1.54) is 6.07 Å². The van der Waals surface area contributed by atoms with E-state index in [1.54, 1.807) is 12.1 Å². The predicted molar refractivity (Wildman–Crippen MR) is 132 cm³/mol. The van der Waals surface area contributed by atoms with Gasteiger partial charge in [-0.15, -0.1) is 0 Å². The average Bonchev–Trinajstić information content (AvgIpc) is 2.78. The first-order valence-corrected chi connectivity index (χ1v) is 13.1. The Bertz CT molecular complexity index is 940. The van der Waals surface area contributed by atoms with Crippen LogP contribution in [-0.2, 0) is 11.1 Å². The Balaban J connectivity index is 1.72. The number of halogens is 1. The third-order valence-electron chi connectivity index (χ3n) is 5.43. The molecule has 5 nitrogen and oxygen atoms in total. The van der Waals surface area contributed by atoms with E-state index in [4.69, 9.17) is 14.5 Å². The summed E-state index contributed by atoms with van der Waals surface area (Å²) < 4.78 is 30.4. The lowest BCUT2D eigenvalue weighted by molar-refractivity contribution is 0.304. The van der Waals surface area contributed by atoms with Gasteiger partial charge in [0.05, 0.1) is 12.8 Å². The summed E-state index contributed by atoms with van der Waals surface area (Å²) in [5, 5.41) is 3.18. The Morgan fingerprint density at radius 3 is 2.58 bits per heavy atom. The van der Waals surface area contributed by atoms with Crippen LogP contribution in [0.3, 0.4) is 0 Å². The molecule has 0 fully saturated rings. The molecule has 7 heteroatoms. The minimum Gasteiger partial charge on any atom is -0.494 e. The highest BCUT2D eigenvalue weighted by molar-refractivity contribution is 7.51. The lowest BCUT2D eigenvalue weighted by atomic mass is 9.86. The Morgan fingerprint density at radius 1 is 1.18 bits per heavy atom. The quantitative estimate of drug-likeness (QED) is 0.169. The van der Waals surface area contributed by atoms with Crippen LogP contribution in [0.5, 0.6) is 5.75 Å². The van der Waals surface area contributed by atoms with Crippen LogP contribution in [0, 0.1) is 5.82 Å². The highest BCUT2D eigenvalue weighted by atomic mass is 31.2. The van der Waals surface area contributed by atoms with Crippen LogP contribution in [-0.4, -0.2) is 29.1 Å². The molecule has 0 spiro atoms. The number of hydrogen-bond acceptors (Lipinski definition) is 3. The number of hydrogen-bond donors (Lipinski definition) is 3. The van der Waals surface area contributed by atoms with Crippen molar-refractivity contribution in [2.75, 3.05) is 19.3 Å². The van der Waals surface area contributed by atoms with Gasteiger partial charge in [0.25, 0.3) is 0 Å². The number of benzene rings is 2. The van der Waals surface area contributed by atoms with Gasteiger partial charge in [0.15, 0.2) is 0 Å². The molecule has 0 radical (unpaired) electrons. The molecule has 2 aromatic rings. The molecule has 0 bridgehead atoms. The van der Waals surface area contributed by atoms with Crippen molar-refractivity contribution in [3.8, 4) is 5.75 Å². The molecule has 0 aliphatic rings. The van der Waals surface area contributed by atoms with Gasteiger partial charge in [-0.25, -0.2) is 4.39 Å². The largest absolute Gasteiger partial charge is 0.494 e. The number of rotatable bonds is 15. The second-order valence-electron chi connectivity index (χ2n) is 8.01. The fraction of sp³-hybridized carbons (Fsp3) is 0.385. The molecule has 1 unspecified atom stereocenters. The maximum Gasteiger partial charge on any atom is 0.325 e. The van der Waals surface area contributed by atoms with Gasteiger partial charge in [-0.3, -0.25) is 4.57 Å². The molecular formula is C26H35FNO4P. The van der Waals surface area contributed by atoms with Crippen molar-refractivity contribution >= 4 is 7.60 Å². The topological polar surface area (TPSA) is 78.8 Å². The van der Waals surface area contributed by atoms with Crippen molar-refractivity contribution in [1.29, 1.82) is 0 Å². The third kappa shape index (κ3) is 10.5. The van der Waals surface area contributed by atoms with Gasteiger partial charge in [0, 0.05) is 12.5 Å². The first-order valence-electron chi connectivity index (χ1n) is 11.3. The maximum atomic E-state index is 13.7. The van der Waals surface area contributed by atoms with E-state index >= 15 is 0 Å². The molecule has 0 saturated heterocycles. The van der Waals surface area contributed by atoms with Crippen molar-refractivity contribution in [3.63, 3.8) is 0 Å². The zero-order valence-corrected chi connectivity index (χ0v) is 20.1. The lowest BCUT2D eigenvalue weighted by Gasteiger charge is -2.19. The Kier molecular flexibility index (Phi) is 11.6. The van der Waals surface area contributed by atoms with Crippen molar-refractivity contribution in [3.05, 3.63) is 89.8 Å². The molecule has 2 rings (SSSR count). The minimum absolute atomic E-state index is 0.0978. The molecule has 0 aromatic heterocycles. The van der Waals surface area contributed by atoms with Gasteiger partial charge in [0.2, 0.25) is 0 Å². The summed E-state index contributed by atoms with van der Waals surface area (Å²) in [6.07, 6.45) is 6.96. The Hall–Kier alpha value is -2.24. The highest BCUT2D eigenvalue weighted by Crippen LogP contribution is 2.34. The molecule has 180 valence electrons. The van der Waals surface area contributed by atoms with Crippen LogP contribution < -0.4 is 10.1 Å². The van der Waals surface area contributed by atoms with E-state index in [2.05, 4.69) is 11.9 Å². The normalized spacial score (nSPS) is 13.0. The number of unbranched alkanes of at least 4 members (excludes halogenated alkanes) is 1. The first kappa shape index (κ1) is 27.0. The summed E-state index contributed by atoms with van der Waals surface area (Å²) in [7, 11) is -3.91. The summed E-state index contributed by atoms with van der Waals surface area (Å²) in [5.41, 5.74) is 3.15. The van der Waals surface area contributed by atoms with E-state index in [1.807, 2.05) is 49.4 Å². The monoisotopic (exact) mass is 475 g/mol. The first-order chi connectivity index (χ1) is 15.8. The summed E-state index contributed by atoms with van der Waals surface area (Å²) in [5.74, 6) is 0.707. The SMILES string of the molecule is C=CC(=CC)C(CCCCOc1ccc(CNCCCP(=O)(O)O)cc1)c1cccc(F)c1. The van der Waals surface area contributed by atoms with E-state index in [9.17, 15) is 8.96 Å². The van der Waals surface area contributed by atoms with Crippen LogP contribution in [0.2, 0.25) is 0 Å². The predicted octanol–water partition coefficient (Wildman–Crippen LogP) is 5.95. The molecule has 0 aliphatic carbocycles. The summed E-state index contributed by atoms with van der Waals surface area (Å²) in [6.45, 7) is 7.69. The van der Waals surface area contributed by atoms with Crippen molar-refractivity contribution in [2.24, 2.45) is 0 Å². The second-order valence-corrected chi connectivity index (χ2v) is 9.78. The van der Waals surface area contributed by atoms with Crippen LogP contribution in [0.4, 0.5) is 4.39 Å². The second kappa shape index (κ2) is 14.1. The average molecular weight is 476 g/mol. The standard InChI is InChI=1S/C26H35FNO4P/c1-3-22(4-2)26(23-9-7-10-24(27)19-23)11-5-6-17-32-25-14-12-21(13-15-25)20-28-16-8-18-33(29,30)31/h3-4,7,9-10,12-15,19,26,28H,1,5-6,8,11,16-18,20H2,2H3,(H2,29,30,31). The lowest BCUT2D eigenvalue weighted by Crippen LogP contribution is -2.15. The number of nitrogens with one attached hydrogen (secondary N) is 1. The summed E-state index contributed by atoms with van der Waals surface area (Å²) in [4.78, 5) is 17.7. The van der Waals surface area contributed by atoms with Gasteiger partial charge >= 0.3 is 7.60 Å². The molecule has 0 saturated carbocycles. The molecule has 3 N–H and O–H groups in total. The zero-order chi connectivity index (χ0) is 24.1. The molecule has 2 aromatic carbocycles. The fourth-order valence-electron chi connectivity index (χ4n) is 3.70. The van der Waals surface area contributed by atoms with E-state index in [-0.39, 0.29) is 17.9 Å². The summed E-state index contributed by atoms with van der Waals surface area (Å²) >= 11 is 0. The maximum absolute atomic E-state index is 13.7. The third-order valence-corrected chi connectivity index (χ3v) is 6.33. The van der Waals surface area contributed by atoms with Crippen LogP contribution in [0.25, 0.3) is 0 Å². The molecule has 1 atom stereocenters. The summed E-state index contributed by atoms with van der Waals surface area (Å²) in [6, 6.07) is 14.6. The Morgan fingerprint density at radius 2 is 1.94 bits per heavy atom. The molecule has 0 heterocycles. The van der Waals surface area contributed by atoms with Gasteiger partial charge in [-0.05, 0) is 80.1 Å². The van der Waals surface area contributed by atoms with Crippen LogP contribution in [0.15, 0.2) is 72.8 Å². The molecule has 33 heavy (non-hydrogen) atoms. The molecular weight excluding hydrogens is 440 g/mol. The minimum atomic E-state index is -3.91. The van der Waals surface area contributed by atoms with E-state index < -0.39 is 7.60 Å². The fourth-order valence-corrected chi connectivity index (χ4v) is 4.27. The van der Waals surface area contributed by atoms with Gasteiger partial charge < -0.3 is 19.8 Å². The van der Waals surface area contributed by atoms with Crippen LogP contribution >= 0.6 is 7.60 Å². The van der Waals surface area contributed by atoms with Crippen molar-refractivity contribution in [2.45, 2.75) is 45.1 Å². The molecule has 0 amide bonds. The molecule has 0 aliphatic heterocycles. The number of allylic oxidation sites excluding steroid dienone is 3. The smallest absolute Gasteiger partial charge is 0.325 e. The highest BCUT2D eigenvalue weighted by Gasteiger charge is 2.15. The Labute approximate surface area is 196 Å². The van der Waals surface area contributed by atoms with Gasteiger partial charge in [-0.2, -0.15) is 0 Å². The van der Waals surface area contributed by atoms with Gasteiger partial charge in [0.1, 0.15) is 11.6 Å². The van der Waals surface area contributed by atoms with Gasteiger partial charge in [-0.1, -0.05) is 43.0 Å². The number of ether oxygens (including phenoxy) is 1. The van der Waals surface area contributed by atoms with E-state index in [0.29, 0.717) is 26.1 Å². The van der Waals surface area contributed by atoms with Crippen molar-refractivity contribution < 1.29 is 23.5 Å². The zero-order valence-electron chi connectivity index (χ0n) is 19.3. The van der Waals surface area contributed by atoms with Crippen LogP contribution in [0.1, 0.15) is 49.7 Å². The van der Waals surface area contributed by atoms with Crippen molar-refractivity contribution in [1.82, 2.24) is 5.32 Å². The van der Waals surface area contributed by atoms with E-state index in [0.717, 1.165) is 41.7 Å².